The van der Waals surface area contributed by atoms with Gasteiger partial charge in [-0.15, -0.1) is 0 Å². The second-order valence-corrected chi connectivity index (χ2v) is 4.42. The summed E-state index contributed by atoms with van der Waals surface area (Å²) in [4.78, 5) is 0. The average molecular weight is 237 g/mol. The molecule has 2 heteroatoms. The van der Waals surface area contributed by atoms with Crippen molar-refractivity contribution in [3.05, 3.63) is 58.7 Å². The number of benzene rings is 2. The molecular weight excluding hydrogens is 222 g/mol. The third-order valence-corrected chi connectivity index (χ3v) is 2.92. The van der Waals surface area contributed by atoms with Gasteiger partial charge in [-0.1, -0.05) is 18.2 Å². The van der Waals surface area contributed by atoms with Crippen molar-refractivity contribution in [2.24, 2.45) is 0 Å². The van der Waals surface area contributed by atoms with Crippen molar-refractivity contribution in [3.63, 3.8) is 0 Å². The Bertz CT molecular complexity index is 603. The van der Waals surface area contributed by atoms with Crippen molar-refractivity contribution >= 4 is 0 Å². The molecule has 90 valence electrons. The molecule has 18 heavy (non-hydrogen) atoms. The second kappa shape index (κ2) is 4.93. The molecule has 0 saturated heterocycles. The molecule has 0 atom stereocenters. The van der Waals surface area contributed by atoms with Crippen molar-refractivity contribution in [3.8, 4) is 17.6 Å². The lowest BCUT2D eigenvalue weighted by atomic mass is 10.1. The lowest BCUT2D eigenvalue weighted by Gasteiger charge is -2.13. The Morgan fingerprint density at radius 2 is 1.61 bits per heavy atom. The Labute approximate surface area is 107 Å². The Morgan fingerprint density at radius 3 is 2.17 bits per heavy atom. The summed E-state index contributed by atoms with van der Waals surface area (Å²) in [5.74, 6) is 1.69. The minimum atomic E-state index is 0.654. The average Bonchev–Trinajstić information content (AvgIpc) is 2.35. The number of hydrogen-bond acceptors (Lipinski definition) is 2. The van der Waals surface area contributed by atoms with Crippen molar-refractivity contribution in [1.82, 2.24) is 0 Å². The SMILES string of the molecule is Cc1cc(C#N)ccc1Oc1c(C)cccc1C. The van der Waals surface area contributed by atoms with Gasteiger partial charge in [-0.3, -0.25) is 0 Å². The van der Waals surface area contributed by atoms with Gasteiger partial charge in [0.25, 0.3) is 0 Å². The van der Waals surface area contributed by atoms with Gasteiger partial charge in [0.2, 0.25) is 0 Å². The summed E-state index contributed by atoms with van der Waals surface area (Å²) in [7, 11) is 0. The van der Waals surface area contributed by atoms with E-state index < -0.39 is 0 Å². The molecule has 0 aromatic heterocycles. The van der Waals surface area contributed by atoms with Crippen molar-refractivity contribution in [1.29, 1.82) is 5.26 Å². The Balaban J connectivity index is 2.38. The van der Waals surface area contributed by atoms with Gasteiger partial charge in [0.05, 0.1) is 11.6 Å². The van der Waals surface area contributed by atoms with E-state index in [1.54, 1.807) is 6.07 Å². The predicted molar refractivity (Wildman–Crippen MR) is 71.9 cm³/mol. The third-order valence-electron chi connectivity index (χ3n) is 2.92. The zero-order valence-electron chi connectivity index (χ0n) is 10.8. The summed E-state index contributed by atoms with van der Waals surface area (Å²) in [6.07, 6.45) is 0. The summed E-state index contributed by atoms with van der Waals surface area (Å²) in [6.45, 7) is 6.01. The van der Waals surface area contributed by atoms with E-state index in [1.165, 1.54) is 0 Å². The van der Waals surface area contributed by atoms with Crippen LogP contribution in [0.5, 0.6) is 11.5 Å². The highest BCUT2D eigenvalue weighted by molar-refractivity contribution is 5.47. The normalized spacial score (nSPS) is 9.89. The first-order valence-corrected chi connectivity index (χ1v) is 5.86. The van der Waals surface area contributed by atoms with Crippen LogP contribution in [0.2, 0.25) is 0 Å². The van der Waals surface area contributed by atoms with Crippen molar-refractivity contribution < 1.29 is 4.74 Å². The molecule has 2 nitrogen and oxygen atoms in total. The van der Waals surface area contributed by atoms with Crippen molar-refractivity contribution in [2.45, 2.75) is 20.8 Å². The van der Waals surface area contributed by atoms with Crippen LogP contribution >= 0.6 is 0 Å². The van der Waals surface area contributed by atoms with Crippen LogP contribution in [-0.4, -0.2) is 0 Å². The quantitative estimate of drug-likeness (QED) is 0.781. The largest absolute Gasteiger partial charge is 0.457 e. The summed E-state index contributed by atoms with van der Waals surface area (Å²) in [5.41, 5.74) is 3.84. The van der Waals surface area contributed by atoms with Crippen LogP contribution in [-0.2, 0) is 0 Å². The highest BCUT2D eigenvalue weighted by atomic mass is 16.5. The maximum Gasteiger partial charge on any atom is 0.133 e. The molecule has 0 amide bonds. The zero-order chi connectivity index (χ0) is 13.1. The lowest BCUT2D eigenvalue weighted by molar-refractivity contribution is 0.471. The monoisotopic (exact) mass is 237 g/mol. The molecule has 0 spiro atoms. The van der Waals surface area contributed by atoms with Gasteiger partial charge in [-0.05, 0) is 55.7 Å². The Kier molecular flexibility index (Phi) is 3.34. The van der Waals surface area contributed by atoms with Gasteiger partial charge in [0, 0.05) is 0 Å². The van der Waals surface area contributed by atoms with Crippen LogP contribution in [0.4, 0.5) is 0 Å². The van der Waals surface area contributed by atoms with Crippen LogP contribution in [0.15, 0.2) is 36.4 Å². The Morgan fingerprint density at radius 1 is 0.944 bits per heavy atom. The van der Waals surface area contributed by atoms with Gasteiger partial charge in [-0.25, -0.2) is 0 Å². The number of ether oxygens (including phenoxy) is 1. The van der Waals surface area contributed by atoms with Gasteiger partial charge in [0.1, 0.15) is 11.5 Å². The van der Waals surface area contributed by atoms with Gasteiger partial charge in [0.15, 0.2) is 0 Å². The first-order chi connectivity index (χ1) is 8.61. The first kappa shape index (κ1) is 12.2. The van der Waals surface area contributed by atoms with Crippen LogP contribution < -0.4 is 4.74 Å². The van der Waals surface area contributed by atoms with E-state index in [0.29, 0.717) is 5.56 Å². The molecule has 2 aromatic carbocycles. The molecule has 0 fully saturated rings. The van der Waals surface area contributed by atoms with Crippen LogP contribution in [0.3, 0.4) is 0 Å². The standard InChI is InChI=1S/C16H15NO/c1-11-5-4-6-12(2)16(11)18-15-8-7-14(10-17)9-13(15)3/h4-9H,1-3H3. The van der Waals surface area contributed by atoms with Crippen LogP contribution in [0.25, 0.3) is 0 Å². The molecule has 0 heterocycles. The summed E-state index contributed by atoms with van der Waals surface area (Å²) >= 11 is 0. The van der Waals surface area contributed by atoms with E-state index in [4.69, 9.17) is 10.00 Å². The molecule has 0 aliphatic rings. The molecule has 0 radical (unpaired) electrons. The van der Waals surface area contributed by atoms with E-state index in [0.717, 1.165) is 28.2 Å². The number of rotatable bonds is 2. The molecule has 0 aliphatic heterocycles. The number of para-hydroxylation sites is 1. The van der Waals surface area contributed by atoms with E-state index in [2.05, 4.69) is 6.07 Å². The van der Waals surface area contributed by atoms with E-state index >= 15 is 0 Å². The summed E-state index contributed by atoms with van der Waals surface area (Å²) < 4.78 is 5.96. The highest BCUT2D eigenvalue weighted by Crippen LogP contribution is 2.30. The smallest absolute Gasteiger partial charge is 0.133 e. The number of nitrogens with zero attached hydrogens (tertiary/aromatic N) is 1. The zero-order valence-corrected chi connectivity index (χ0v) is 10.8. The second-order valence-electron chi connectivity index (χ2n) is 4.42. The molecule has 0 N–H and O–H groups in total. The highest BCUT2D eigenvalue weighted by Gasteiger charge is 2.07. The van der Waals surface area contributed by atoms with Gasteiger partial charge >= 0.3 is 0 Å². The van der Waals surface area contributed by atoms with Crippen LogP contribution in [0.1, 0.15) is 22.3 Å². The molecule has 0 saturated carbocycles. The topological polar surface area (TPSA) is 33.0 Å². The summed E-state index contributed by atoms with van der Waals surface area (Å²) in [5, 5.41) is 8.84. The molecule has 2 aromatic rings. The molecule has 2 rings (SSSR count). The summed E-state index contributed by atoms with van der Waals surface area (Å²) in [6, 6.07) is 13.7. The number of hydrogen-bond donors (Lipinski definition) is 0. The van der Waals surface area contributed by atoms with Crippen molar-refractivity contribution in [2.75, 3.05) is 0 Å². The maximum absolute atomic E-state index is 8.84. The van der Waals surface area contributed by atoms with Gasteiger partial charge in [-0.2, -0.15) is 5.26 Å². The van der Waals surface area contributed by atoms with E-state index in [-0.39, 0.29) is 0 Å². The minimum Gasteiger partial charge on any atom is -0.457 e. The number of aryl methyl sites for hydroxylation is 3. The maximum atomic E-state index is 8.84. The fourth-order valence-electron chi connectivity index (χ4n) is 1.90. The first-order valence-electron chi connectivity index (χ1n) is 5.86. The molecular formula is C16H15NO. The third kappa shape index (κ3) is 2.36. The lowest BCUT2D eigenvalue weighted by Crippen LogP contribution is -1.93. The fraction of sp³-hybridized carbons (Fsp3) is 0.188. The number of nitriles is 1. The van der Waals surface area contributed by atoms with Crippen LogP contribution in [0, 0.1) is 32.1 Å². The Hall–Kier alpha value is -2.27. The van der Waals surface area contributed by atoms with E-state index in [9.17, 15) is 0 Å². The predicted octanol–water partition coefficient (Wildman–Crippen LogP) is 4.28. The molecule has 0 aliphatic carbocycles. The minimum absolute atomic E-state index is 0.654. The molecule has 0 bridgehead atoms. The fourth-order valence-corrected chi connectivity index (χ4v) is 1.90. The molecule has 0 unspecified atom stereocenters. The van der Waals surface area contributed by atoms with E-state index in [1.807, 2.05) is 51.1 Å². The van der Waals surface area contributed by atoms with Gasteiger partial charge < -0.3 is 4.74 Å².